The first kappa shape index (κ1) is 6.58. The third kappa shape index (κ3) is 1.43. The van der Waals surface area contributed by atoms with Gasteiger partial charge in [0.25, 0.3) is 0 Å². The highest BCUT2D eigenvalue weighted by Gasteiger charge is 2.00. The molecule has 0 amide bonds. The van der Waals surface area contributed by atoms with Gasteiger partial charge in [-0.3, -0.25) is 0 Å². The van der Waals surface area contributed by atoms with Crippen LogP contribution in [0.1, 0.15) is 0 Å². The number of halogens is 2. The molecule has 0 bridgehead atoms. The Bertz CT molecular complexity index is 228. The minimum Gasteiger partial charge on any atom is -0.594 e. The minimum absolute atomic E-state index is 0.0224. The van der Waals surface area contributed by atoms with Crippen LogP contribution in [0.3, 0.4) is 0 Å². The Morgan fingerprint density at radius 3 is 2.67 bits per heavy atom. The second-order valence-corrected chi connectivity index (χ2v) is 2.12. The van der Waals surface area contributed by atoms with Crippen LogP contribution in [0.4, 0.5) is 0 Å². The molecule has 0 aliphatic heterocycles. The Kier molecular flexibility index (Phi) is 1.73. The van der Waals surface area contributed by atoms with E-state index in [1.807, 2.05) is 0 Å². The average Bonchev–Trinajstić information content (AvgIpc) is 1.80. The molecule has 0 spiro atoms. The van der Waals surface area contributed by atoms with E-state index in [2.05, 4.69) is 5.10 Å². The first-order chi connectivity index (χ1) is 4.20. The van der Waals surface area contributed by atoms with Gasteiger partial charge in [0.15, 0.2) is 0 Å². The number of hydrogen-bond donors (Lipinski definition) is 0. The summed E-state index contributed by atoms with van der Waals surface area (Å²) in [4.78, 5) is 0.341. The Hall–Kier alpha value is -0.540. The van der Waals surface area contributed by atoms with Gasteiger partial charge >= 0.3 is 0 Å². The van der Waals surface area contributed by atoms with Crippen LogP contribution in [0.2, 0.25) is 10.2 Å². The summed E-state index contributed by atoms with van der Waals surface area (Å²) < 4.78 is 0. The second kappa shape index (κ2) is 2.37. The summed E-state index contributed by atoms with van der Waals surface area (Å²) in [6.45, 7) is 0. The predicted octanol–water partition coefficient (Wildman–Crippen LogP) is 1.02. The molecular formula is C4H2Cl2N2O. The normalized spacial score (nSPS) is 9.56. The van der Waals surface area contributed by atoms with Crippen LogP contribution in [0.25, 0.3) is 0 Å². The van der Waals surface area contributed by atoms with Gasteiger partial charge in [0, 0.05) is 11.2 Å². The van der Waals surface area contributed by atoms with Crippen molar-refractivity contribution in [3.8, 4) is 0 Å². The summed E-state index contributed by atoms with van der Waals surface area (Å²) >= 11 is 10.8. The molecule has 0 saturated heterocycles. The van der Waals surface area contributed by atoms with Crippen molar-refractivity contribution in [1.82, 2.24) is 5.10 Å². The lowest BCUT2D eigenvalue weighted by Gasteiger charge is -1.91. The Morgan fingerprint density at radius 1 is 1.56 bits per heavy atom. The molecule has 0 aromatic carbocycles. The second-order valence-electron chi connectivity index (χ2n) is 1.36. The molecule has 1 heterocycles. The lowest BCUT2D eigenvalue weighted by atomic mass is 10.6. The van der Waals surface area contributed by atoms with Gasteiger partial charge in [-0.15, -0.1) is 0 Å². The van der Waals surface area contributed by atoms with Crippen LogP contribution >= 0.6 is 23.2 Å². The first-order valence-corrected chi connectivity index (χ1v) is 2.87. The fourth-order valence-corrected chi connectivity index (χ4v) is 0.597. The highest BCUT2D eigenvalue weighted by molar-refractivity contribution is 6.40. The molecule has 9 heavy (non-hydrogen) atoms. The third-order valence-electron chi connectivity index (χ3n) is 0.732. The van der Waals surface area contributed by atoms with Crippen LogP contribution in [-0.2, 0) is 0 Å². The Balaban J connectivity index is 3.17. The van der Waals surface area contributed by atoms with Crippen LogP contribution in [0, 0.1) is 5.21 Å². The molecule has 0 aliphatic carbocycles. The monoisotopic (exact) mass is 164 g/mol. The highest BCUT2D eigenvalue weighted by atomic mass is 35.5. The van der Waals surface area contributed by atoms with E-state index in [1.54, 1.807) is 0 Å². The first-order valence-electron chi connectivity index (χ1n) is 2.11. The maximum absolute atomic E-state index is 10.3. The van der Waals surface area contributed by atoms with Gasteiger partial charge in [-0.25, -0.2) is 0 Å². The summed E-state index contributed by atoms with van der Waals surface area (Å²) in [5, 5.41) is 13.9. The zero-order chi connectivity index (χ0) is 6.85. The number of hydrogen-bond acceptors (Lipinski definition) is 2. The summed E-state index contributed by atoms with van der Waals surface area (Å²) in [5.74, 6) is 0. The molecule has 0 N–H and O–H groups in total. The van der Waals surface area contributed by atoms with E-state index in [0.29, 0.717) is 4.85 Å². The predicted molar refractivity (Wildman–Crippen MR) is 33.2 cm³/mol. The Morgan fingerprint density at radius 2 is 2.22 bits per heavy atom. The summed E-state index contributed by atoms with van der Waals surface area (Å²) in [6.07, 6.45) is 1.17. The molecule has 0 fully saturated rings. The van der Waals surface area contributed by atoms with Gasteiger partial charge < -0.3 is 5.21 Å². The SMILES string of the molecule is [O-][n+]1ccc(Cl)c(Cl)n1. The van der Waals surface area contributed by atoms with Gasteiger partial charge in [0.1, 0.15) is 0 Å². The molecule has 0 aliphatic rings. The third-order valence-corrected chi connectivity index (χ3v) is 1.41. The van der Waals surface area contributed by atoms with Crippen molar-refractivity contribution in [3.63, 3.8) is 0 Å². The molecule has 1 aromatic rings. The molecular weight excluding hydrogens is 163 g/mol. The minimum atomic E-state index is 0.0224. The van der Waals surface area contributed by atoms with Crippen LogP contribution in [0.5, 0.6) is 0 Å². The summed E-state index contributed by atoms with van der Waals surface area (Å²) in [7, 11) is 0. The van der Waals surface area contributed by atoms with Crippen LogP contribution in [0.15, 0.2) is 12.3 Å². The van der Waals surface area contributed by atoms with E-state index in [-0.39, 0.29) is 10.2 Å². The van der Waals surface area contributed by atoms with Crippen molar-refractivity contribution in [2.24, 2.45) is 0 Å². The standard InChI is InChI=1S/C4H2Cl2N2O/c5-3-1-2-8(9)7-4(3)6/h1-2H. The maximum atomic E-state index is 10.3. The van der Waals surface area contributed by atoms with Crippen LogP contribution < -0.4 is 4.85 Å². The average molecular weight is 165 g/mol. The highest BCUT2D eigenvalue weighted by Crippen LogP contribution is 2.14. The zero-order valence-electron chi connectivity index (χ0n) is 4.21. The summed E-state index contributed by atoms with van der Waals surface area (Å²) in [6, 6.07) is 1.38. The number of rotatable bonds is 0. The van der Waals surface area contributed by atoms with Gasteiger partial charge in [-0.1, -0.05) is 28.0 Å². The molecule has 0 radical (unpaired) electrons. The molecule has 5 heteroatoms. The quantitative estimate of drug-likeness (QED) is 0.425. The zero-order valence-corrected chi connectivity index (χ0v) is 5.73. The maximum Gasteiger partial charge on any atom is 0.216 e. The van der Waals surface area contributed by atoms with E-state index in [9.17, 15) is 5.21 Å². The summed E-state index contributed by atoms with van der Waals surface area (Å²) in [5.41, 5.74) is 0. The van der Waals surface area contributed by atoms with Crippen molar-refractivity contribution < 1.29 is 4.85 Å². The van der Waals surface area contributed by atoms with E-state index < -0.39 is 0 Å². The smallest absolute Gasteiger partial charge is 0.216 e. The van der Waals surface area contributed by atoms with Crippen molar-refractivity contribution in [2.45, 2.75) is 0 Å². The number of nitrogens with zero attached hydrogens (tertiary/aromatic N) is 2. The van der Waals surface area contributed by atoms with E-state index in [0.717, 1.165) is 0 Å². The molecule has 3 nitrogen and oxygen atoms in total. The van der Waals surface area contributed by atoms with E-state index in [4.69, 9.17) is 23.2 Å². The topological polar surface area (TPSA) is 39.8 Å². The van der Waals surface area contributed by atoms with Crippen molar-refractivity contribution >= 4 is 23.2 Å². The molecule has 0 unspecified atom stereocenters. The molecule has 1 aromatic heterocycles. The van der Waals surface area contributed by atoms with E-state index >= 15 is 0 Å². The lowest BCUT2D eigenvalue weighted by molar-refractivity contribution is -0.669. The van der Waals surface area contributed by atoms with Gasteiger partial charge in [-0.2, -0.15) is 0 Å². The van der Waals surface area contributed by atoms with E-state index in [1.165, 1.54) is 12.3 Å². The largest absolute Gasteiger partial charge is 0.594 e. The fourth-order valence-electron chi connectivity index (χ4n) is 0.366. The van der Waals surface area contributed by atoms with Crippen molar-refractivity contribution in [1.29, 1.82) is 0 Å². The van der Waals surface area contributed by atoms with Crippen molar-refractivity contribution in [3.05, 3.63) is 27.6 Å². The molecule has 0 saturated carbocycles. The fraction of sp³-hybridized carbons (Fsp3) is 0. The van der Waals surface area contributed by atoms with Gasteiger partial charge in [0.05, 0.1) is 5.02 Å². The van der Waals surface area contributed by atoms with Gasteiger partial charge in [0.2, 0.25) is 11.3 Å². The molecule has 48 valence electrons. The molecule has 0 atom stereocenters. The lowest BCUT2D eigenvalue weighted by Crippen LogP contribution is -2.29. The van der Waals surface area contributed by atoms with Gasteiger partial charge in [-0.05, 0) is 0 Å². The number of aromatic nitrogens is 2. The van der Waals surface area contributed by atoms with Crippen LogP contribution in [-0.4, -0.2) is 5.10 Å². The molecule has 1 rings (SSSR count). The van der Waals surface area contributed by atoms with Crippen molar-refractivity contribution in [2.75, 3.05) is 0 Å². The Labute approximate surface area is 61.4 Å².